The lowest BCUT2D eigenvalue weighted by Gasteiger charge is -2.20. The molecule has 2 aromatic rings. The maximum atomic E-state index is 12.1. The molecule has 1 aliphatic heterocycles. The van der Waals surface area contributed by atoms with Crippen LogP contribution in [0.1, 0.15) is 10.4 Å². The normalized spacial score (nSPS) is 13.0. The summed E-state index contributed by atoms with van der Waals surface area (Å²) in [4.78, 5) is 16.0. The minimum atomic E-state index is -0.0553. The van der Waals surface area contributed by atoms with E-state index in [0.717, 1.165) is 31.0 Å². The summed E-state index contributed by atoms with van der Waals surface area (Å²) in [6.45, 7) is 3.08. The second-order valence-electron chi connectivity index (χ2n) is 4.67. The third-order valence-electron chi connectivity index (χ3n) is 3.25. The Kier molecular flexibility index (Phi) is 3.54. The Labute approximate surface area is 117 Å². The molecule has 1 amide bonds. The predicted molar refractivity (Wildman–Crippen MR) is 78.0 cm³/mol. The van der Waals surface area contributed by atoms with Gasteiger partial charge in [-0.2, -0.15) is 0 Å². The summed E-state index contributed by atoms with van der Waals surface area (Å²) in [6, 6.07) is 5.66. The van der Waals surface area contributed by atoms with Crippen LogP contribution in [-0.4, -0.2) is 35.1 Å². The molecule has 0 saturated heterocycles. The van der Waals surface area contributed by atoms with Crippen molar-refractivity contribution < 1.29 is 4.79 Å². The number of hydrogen-bond acceptors (Lipinski definition) is 4. The first kappa shape index (κ1) is 12.5. The minimum absolute atomic E-state index is 0.0553. The molecule has 6 nitrogen and oxygen atoms in total. The molecular formula is C14H17N5O. The number of carbonyl (C=O) groups excluding carboxylic acids is 1. The highest BCUT2D eigenvalue weighted by Gasteiger charge is 2.11. The maximum Gasteiger partial charge on any atom is 0.251 e. The molecule has 0 radical (unpaired) electrons. The summed E-state index contributed by atoms with van der Waals surface area (Å²) in [6.07, 6.45) is 5.34. The highest BCUT2D eigenvalue weighted by molar-refractivity contribution is 5.96. The van der Waals surface area contributed by atoms with Crippen LogP contribution in [0.3, 0.4) is 0 Å². The van der Waals surface area contributed by atoms with Gasteiger partial charge in [0, 0.05) is 44.1 Å². The van der Waals surface area contributed by atoms with Crippen molar-refractivity contribution in [2.75, 3.05) is 30.3 Å². The van der Waals surface area contributed by atoms with Crippen LogP contribution < -0.4 is 16.0 Å². The highest BCUT2D eigenvalue weighted by atomic mass is 16.1. The molecule has 0 bridgehead atoms. The number of aromatic nitrogens is 2. The van der Waals surface area contributed by atoms with Crippen molar-refractivity contribution in [3.05, 3.63) is 42.5 Å². The van der Waals surface area contributed by atoms with Gasteiger partial charge in [0.25, 0.3) is 5.91 Å². The zero-order chi connectivity index (χ0) is 13.8. The SMILES string of the molecule is O=C(NCCn1ccnc1)c1ccc2c(c1)NCCN2. The van der Waals surface area contributed by atoms with Crippen molar-refractivity contribution in [3.8, 4) is 0 Å². The Bertz CT molecular complexity index is 594. The first-order valence-corrected chi connectivity index (χ1v) is 6.69. The van der Waals surface area contributed by atoms with E-state index in [1.54, 1.807) is 12.5 Å². The van der Waals surface area contributed by atoms with E-state index >= 15 is 0 Å². The molecule has 6 heteroatoms. The van der Waals surface area contributed by atoms with E-state index in [1.807, 2.05) is 29.0 Å². The van der Waals surface area contributed by atoms with Gasteiger partial charge in [-0.05, 0) is 18.2 Å². The number of nitrogens with zero attached hydrogens (tertiary/aromatic N) is 2. The Hall–Kier alpha value is -2.50. The molecule has 3 rings (SSSR count). The number of anilines is 2. The minimum Gasteiger partial charge on any atom is -0.382 e. The standard InChI is InChI=1S/C14H17N5O/c20-14(18-6-8-19-7-5-15-10-19)11-1-2-12-13(9-11)17-4-3-16-12/h1-2,5,7,9-10,16-17H,3-4,6,8H2,(H,18,20). The second kappa shape index (κ2) is 5.64. The van der Waals surface area contributed by atoms with Crippen LogP contribution in [0.15, 0.2) is 36.9 Å². The maximum absolute atomic E-state index is 12.1. The Morgan fingerprint density at radius 1 is 1.30 bits per heavy atom. The fourth-order valence-electron chi connectivity index (χ4n) is 2.20. The zero-order valence-electron chi connectivity index (χ0n) is 11.1. The topological polar surface area (TPSA) is 71.0 Å². The summed E-state index contributed by atoms with van der Waals surface area (Å²) in [5.74, 6) is -0.0553. The third-order valence-corrected chi connectivity index (χ3v) is 3.25. The van der Waals surface area contributed by atoms with Crippen molar-refractivity contribution in [2.24, 2.45) is 0 Å². The lowest BCUT2D eigenvalue weighted by molar-refractivity contribution is 0.0952. The number of imidazole rings is 1. The van der Waals surface area contributed by atoms with Gasteiger partial charge in [0.05, 0.1) is 17.7 Å². The van der Waals surface area contributed by atoms with Crippen LogP contribution in [-0.2, 0) is 6.54 Å². The van der Waals surface area contributed by atoms with Gasteiger partial charge in [-0.3, -0.25) is 4.79 Å². The van der Waals surface area contributed by atoms with Crippen molar-refractivity contribution in [1.82, 2.24) is 14.9 Å². The van der Waals surface area contributed by atoms with E-state index in [1.165, 1.54) is 0 Å². The van der Waals surface area contributed by atoms with Crippen molar-refractivity contribution in [3.63, 3.8) is 0 Å². The van der Waals surface area contributed by atoms with E-state index in [-0.39, 0.29) is 5.91 Å². The van der Waals surface area contributed by atoms with Crippen LogP contribution in [0.5, 0.6) is 0 Å². The highest BCUT2D eigenvalue weighted by Crippen LogP contribution is 2.25. The molecule has 2 heterocycles. The lowest BCUT2D eigenvalue weighted by atomic mass is 10.1. The van der Waals surface area contributed by atoms with Crippen molar-refractivity contribution >= 4 is 17.3 Å². The summed E-state index contributed by atoms with van der Waals surface area (Å²) in [5, 5.41) is 9.48. The van der Waals surface area contributed by atoms with Crippen LogP contribution in [0.2, 0.25) is 0 Å². The van der Waals surface area contributed by atoms with Crippen LogP contribution in [0, 0.1) is 0 Å². The number of benzene rings is 1. The molecule has 1 aromatic carbocycles. The molecular weight excluding hydrogens is 254 g/mol. The third kappa shape index (κ3) is 2.74. The first-order chi connectivity index (χ1) is 9.83. The van der Waals surface area contributed by atoms with Gasteiger partial charge in [-0.15, -0.1) is 0 Å². The van der Waals surface area contributed by atoms with Crippen LogP contribution >= 0.6 is 0 Å². The summed E-state index contributed by atoms with van der Waals surface area (Å²) >= 11 is 0. The van der Waals surface area contributed by atoms with Crippen molar-refractivity contribution in [1.29, 1.82) is 0 Å². The van der Waals surface area contributed by atoms with Gasteiger partial charge < -0.3 is 20.5 Å². The lowest BCUT2D eigenvalue weighted by Crippen LogP contribution is -2.27. The molecule has 0 unspecified atom stereocenters. The number of amides is 1. The molecule has 0 saturated carbocycles. The zero-order valence-corrected chi connectivity index (χ0v) is 11.1. The van der Waals surface area contributed by atoms with Crippen molar-refractivity contribution in [2.45, 2.75) is 6.54 Å². The number of nitrogens with one attached hydrogen (secondary N) is 3. The monoisotopic (exact) mass is 271 g/mol. The summed E-state index contributed by atoms with van der Waals surface area (Å²) in [5.41, 5.74) is 2.70. The van der Waals surface area contributed by atoms with Gasteiger partial charge in [-0.1, -0.05) is 0 Å². The molecule has 0 spiro atoms. The van der Waals surface area contributed by atoms with E-state index in [2.05, 4.69) is 20.9 Å². The molecule has 20 heavy (non-hydrogen) atoms. The average molecular weight is 271 g/mol. The molecule has 3 N–H and O–H groups in total. The molecule has 1 aromatic heterocycles. The van der Waals surface area contributed by atoms with Gasteiger partial charge in [0.1, 0.15) is 0 Å². The van der Waals surface area contributed by atoms with Gasteiger partial charge in [0.2, 0.25) is 0 Å². The molecule has 0 atom stereocenters. The van der Waals surface area contributed by atoms with Crippen LogP contribution in [0.25, 0.3) is 0 Å². The fourth-order valence-corrected chi connectivity index (χ4v) is 2.20. The summed E-state index contributed by atoms with van der Waals surface area (Å²) < 4.78 is 1.93. The predicted octanol–water partition coefficient (Wildman–Crippen LogP) is 1.15. The van der Waals surface area contributed by atoms with E-state index in [9.17, 15) is 4.79 Å². The number of carbonyl (C=O) groups is 1. The first-order valence-electron chi connectivity index (χ1n) is 6.69. The molecule has 104 valence electrons. The van der Waals surface area contributed by atoms with E-state index < -0.39 is 0 Å². The molecule has 0 fully saturated rings. The van der Waals surface area contributed by atoms with E-state index in [0.29, 0.717) is 12.1 Å². The Morgan fingerprint density at radius 3 is 2.95 bits per heavy atom. The average Bonchev–Trinajstić information content (AvgIpc) is 3.00. The Morgan fingerprint density at radius 2 is 2.15 bits per heavy atom. The summed E-state index contributed by atoms with van der Waals surface area (Å²) in [7, 11) is 0. The van der Waals surface area contributed by atoms with Gasteiger partial charge in [0.15, 0.2) is 0 Å². The van der Waals surface area contributed by atoms with Gasteiger partial charge in [-0.25, -0.2) is 4.98 Å². The molecule has 0 aliphatic carbocycles. The number of fused-ring (bicyclic) bond motifs is 1. The quantitative estimate of drug-likeness (QED) is 0.780. The van der Waals surface area contributed by atoms with E-state index in [4.69, 9.17) is 0 Å². The second-order valence-corrected chi connectivity index (χ2v) is 4.67. The number of rotatable bonds is 4. The Balaban J connectivity index is 1.59. The number of hydrogen-bond donors (Lipinski definition) is 3. The largest absolute Gasteiger partial charge is 0.382 e. The van der Waals surface area contributed by atoms with Crippen LogP contribution in [0.4, 0.5) is 11.4 Å². The van der Waals surface area contributed by atoms with Gasteiger partial charge >= 0.3 is 0 Å². The smallest absolute Gasteiger partial charge is 0.251 e. The fraction of sp³-hybridized carbons (Fsp3) is 0.286. The molecule has 1 aliphatic rings.